The Labute approximate surface area is 121 Å². The molecule has 0 radical (unpaired) electrons. The fourth-order valence-electron chi connectivity index (χ4n) is 3.08. The van der Waals surface area contributed by atoms with E-state index >= 15 is 0 Å². The Bertz CT molecular complexity index is 426. The van der Waals surface area contributed by atoms with Gasteiger partial charge in [-0.15, -0.1) is 5.10 Å². The first-order valence-corrected chi connectivity index (χ1v) is 8.07. The Morgan fingerprint density at radius 1 is 1.25 bits per heavy atom. The van der Waals surface area contributed by atoms with Crippen molar-refractivity contribution in [1.82, 2.24) is 25.2 Å². The highest BCUT2D eigenvalue weighted by Gasteiger charge is 2.22. The average molecular weight is 277 g/mol. The molecule has 1 aliphatic carbocycles. The predicted octanol–water partition coefficient (Wildman–Crippen LogP) is 1.65. The Hall–Kier alpha value is -0.940. The zero-order chi connectivity index (χ0) is 13.9. The van der Waals surface area contributed by atoms with E-state index in [1.165, 1.54) is 32.2 Å². The van der Waals surface area contributed by atoms with Crippen LogP contribution in [0.2, 0.25) is 0 Å². The molecule has 1 saturated heterocycles. The highest BCUT2D eigenvalue weighted by Crippen LogP contribution is 2.21. The van der Waals surface area contributed by atoms with Crippen molar-refractivity contribution in [2.24, 2.45) is 5.92 Å². The van der Waals surface area contributed by atoms with Crippen LogP contribution in [-0.2, 0) is 13.1 Å². The molecule has 1 saturated carbocycles. The third-order valence-corrected chi connectivity index (χ3v) is 4.63. The first-order valence-electron chi connectivity index (χ1n) is 8.07. The van der Waals surface area contributed by atoms with Crippen molar-refractivity contribution in [3.05, 3.63) is 11.9 Å². The van der Waals surface area contributed by atoms with E-state index in [0.29, 0.717) is 6.04 Å². The highest BCUT2D eigenvalue weighted by atomic mass is 15.4. The Balaban J connectivity index is 1.43. The zero-order valence-corrected chi connectivity index (χ0v) is 12.8. The van der Waals surface area contributed by atoms with Gasteiger partial charge >= 0.3 is 0 Å². The first-order chi connectivity index (χ1) is 9.70. The summed E-state index contributed by atoms with van der Waals surface area (Å²) in [5.41, 5.74) is 1.07. The number of likely N-dealkylation sites (tertiary alicyclic amines) is 1. The maximum atomic E-state index is 4.24. The second kappa shape index (κ2) is 6.22. The molecule has 1 aromatic rings. The number of rotatable bonds is 6. The lowest BCUT2D eigenvalue weighted by atomic mass is 9.93. The lowest BCUT2D eigenvalue weighted by Gasteiger charge is -2.36. The topological polar surface area (TPSA) is 46.0 Å². The second-order valence-electron chi connectivity index (χ2n) is 6.64. The van der Waals surface area contributed by atoms with Gasteiger partial charge in [0.1, 0.15) is 0 Å². The Kier molecular flexibility index (Phi) is 4.36. The number of hydrogen-bond acceptors (Lipinski definition) is 4. The van der Waals surface area contributed by atoms with Crippen LogP contribution >= 0.6 is 0 Å². The summed E-state index contributed by atoms with van der Waals surface area (Å²) < 4.78 is 1.99. The molecule has 5 nitrogen and oxygen atoms in total. The summed E-state index contributed by atoms with van der Waals surface area (Å²) in [6, 6.07) is 1.44. The van der Waals surface area contributed by atoms with Gasteiger partial charge in [0.2, 0.25) is 0 Å². The third kappa shape index (κ3) is 3.79. The molecule has 2 heterocycles. The number of hydrogen-bond donors (Lipinski definition) is 1. The molecular formula is C15H27N5. The van der Waals surface area contributed by atoms with Crippen LogP contribution in [0.1, 0.15) is 45.2 Å². The van der Waals surface area contributed by atoms with Crippen molar-refractivity contribution in [2.75, 3.05) is 13.1 Å². The maximum absolute atomic E-state index is 4.24. The predicted molar refractivity (Wildman–Crippen MR) is 79.3 cm³/mol. The van der Waals surface area contributed by atoms with Crippen molar-refractivity contribution in [2.45, 2.75) is 64.7 Å². The molecule has 1 N–H and O–H groups in total. The van der Waals surface area contributed by atoms with Crippen LogP contribution < -0.4 is 5.32 Å². The molecule has 0 aromatic carbocycles. The van der Waals surface area contributed by atoms with Crippen molar-refractivity contribution in [3.63, 3.8) is 0 Å². The van der Waals surface area contributed by atoms with Crippen molar-refractivity contribution in [3.8, 4) is 0 Å². The molecule has 2 atom stereocenters. The van der Waals surface area contributed by atoms with Crippen molar-refractivity contribution in [1.29, 1.82) is 0 Å². The number of nitrogens with zero attached hydrogens (tertiary/aromatic N) is 4. The fraction of sp³-hybridized carbons (Fsp3) is 0.867. The molecule has 112 valence electrons. The largest absolute Gasteiger partial charge is 0.308 e. The molecular weight excluding hydrogens is 250 g/mol. The van der Waals surface area contributed by atoms with E-state index in [1.807, 2.05) is 4.68 Å². The molecule has 5 heteroatoms. The van der Waals surface area contributed by atoms with Crippen LogP contribution in [0.15, 0.2) is 6.20 Å². The summed E-state index contributed by atoms with van der Waals surface area (Å²) in [4.78, 5) is 2.59. The van der Waals surface area contributed by atoms with Gasteiger partial charge in [0, 0.05) is 31.4 Å². The van der Waals surface area contributed by atoms with Gasteiger partial charge in [0.25, 0.3) is 0 Å². The summed E-state index contributed by atoms with van der Waals surface area (Å²) in [6.45, 7) is 8.85. The number of piperidine rings is 1. The molecule has 2 unspecified atom stereocenters. The first kappa shape index (κ1) is 14.0. The van der Waals surface area contributed by atoms with Gasteiger partial charge in [0.05, 0.1) is 12.2 Å². The Morgan fingerprint density at radius 2 is 2.10 bits per heavy atom. The quantitative estimate of drug-likeness (QED) is 0.859. The van der Waals surface area contributed by atoms with Crippen LogP contribution in [0, 0.1) is 5.92 Å². The van der Waals surface area contributed by atoms with Crippen LogP contribution in [0.5, 0.6) is 0 Å². The van der Waals surface area contributed by atoms with Crippen LogP contribution in [-0.4, -0.2) is 45.1 Å². The minimum atomic E-state index is 0.707. The molecule has 1 aliphatic heterocycles. The maximum Gasteiger partial charge on any atom is 0.0964 e. The van der Waals surface area contributed by atoms with Crippen LogP contribution in [0.4, 0.5) is 0 Å². The van der Waals surface area contributed by atoms with Gasteiger partial charge in [-0.1, -0.05) is 12.1 Å². The zero-order valence-electron chi connectivity index (χ0n) is 12.8. The lowest BCUT2D eigenvalue weighted by molar-refractivity contribution is 0.123. The van der Waals surface area contributed by atoms with E-state index in [0.717, 1.165) is 37.3 Å². The second-order valence-corrected chi connectivity index (χ2v) is 6.64. The Morgan fingerprint density at radius 3 is 2.85 bits per heavy atom. The fourth-order valence-corrected chi connectivity index (χ4v) is 3.08. The van der Waals surface area contributed by atoms with E-state index < -0.39 is 0 Å². The normalized spacial score (nSPS) is 27.9. The third-order valence-electron chi connectivity index (χ3n) is 4.63. The van der Waals surface area contributed by atoms with Gasteiger partial charge in [-0.05, 0) is 45.1 Å². The average Bonchev–Trinajstić information content (AvgIpc) is 3.14. The van der Waals surface area contributed by atoms with Crippen molar-refractivity contribution < 1.29 is 0 Å². The highest BCUT2D eigenvalue weighted by molar-refractivity contribution is 4.94. The molecule has 3 rings (SSSR count). The molecule has 1 aromatic heterocycles. The van der Waals surface area contributed by atoms with Gasteiger partial charge in [-0.25, -0.2) is 0 Å². The summed E-state index contributed by atoms with van der Waals surface area (Å²) in [5, 5.41) is 12.0. The van der Waals surface area contributed by atoms with E-state index in [4.69, 9.17) is 0 Å². The molecule has 20 heavy (non-hydrogen) atoms. The van der Waals surface area contributed by atoms with E-state index in [2.05, 4.69) is 40.6 Å². The molecule has 0 spiro atoms. The summed E-state index contributed by atoms with van der Waals surface area (Å²) >= 11 is 0. The van der Waals surface area contributed by atoms with Crippen molar-refractivity contribution >= 4 is 0 Å². The molecule has 0 bridgehead atoms. The smallest absolute Gasteiger partial charge is 0.0964 e. The number of nitrogens with one attached hydrogen (secondary N) is 1. The molecule has 0 amide bonds. The van der Waals surface area contributed by atoms with E-state index in [1.54, 1.807) is 0 Å². The summed E-state index contributed by atoms with van der Waals surface area (Å²) in [6.07, 6.45) is 7.39. The van der Waals surface area contributed by atoms with Crippen LogP contribution in [0.3, 0.4) is 0 Å². The lowest BCUT2D eigenvalue weighted by Crippen LogP contribution is -2.41. The van der Waals surface area contributed by atoms with Gasteiger partial charge < -0.3 is 5.32 Å². The number of aromatic nitrogens is 3. The summed E-state index contributed by atoms with van der Waals surface area (Å²) in [7, 11) is 0. The molecule has 2 aliphatic rings. The van der Waals surface area contributed by atoms with E-state index in [-0.39, 0.29) is 0 Å². The monoisotopic (exact) mass is 277 g/mol. The van der Waals surface area contributed by atoms with Gasteiger partial charge in [-0.3, -0.25) is 9.58 Å². The summed E-state index contributed by atoms with van der Waals surface area (Å²) in [5.74, 6) is 0.882. The van der Waals surface area contributed by atoms with Gasteiger partial charge in [0.15, 0.2) is 0 Å². The van der Waals surface area contributed by atoms with Crippen LogP contribution in [0.25, 0.3) is 0 Å². The minimum Gasteiger partial charge on any atom is -0.308 e. The molecule has 2 fully saturated rings. The van der Waals surface area contributed by atoms with Gasteiger partial charge in [-0.2, -0.15) is 0 Å². The minimum absolute atomic E-state index is 0.707. The SMILES string of the molecule is CC1CCN(CCn2cc(CNC3CC3)nn2)C(C)C1. The van der Waals surface area contributed by atoms with E-state index in [9.17, 15) is 0 Å². The standard InChI is InChI=1S/C15H27N5/c1-12-5-6-19(13(2)9-12)7-8-20-11-15(17-18-20)10-16-14-3-4-14/h11-14,16H,3-10H2,1-2H3.